The molecule has 0 unspecified atom stereocenters. The fourth-order valence-corrected chi connectivity index (χ4v) is 3.56. The maximum Gasteiger partial charge on any atom is 0.243 e. The third kappa shape index (κ3) is 2.73. The molecule has 1 aliphatic heterocycles. The molecule has 2 N–H and O–H groups in total. The van der Waals surface area contributed by atoms with Gasteiger partial charge < -0.3 is 10.4 Å². The van der Waals surface area contributed by atoms with Gasteiger partial charge >= 0.3 is 0 Å². The van der Waals surface area contributed by atoms with Gasteiger partial charge in [-0.2, -0.15) is 0 Å². The van der Waals surface area contributed by atoms with Crippen molar-refractivity contribution >= 4 is 17.5 Å². The Hall–Kier alpha value is -1.88. The highest BCUT2D eigenvalue weighted by Crippen LogP contribution is 2.32. The molecular weight excluding hydrogens is 280 g/mol. The fraction of sp³-hybridized carbons (Fsp3) is 0.529. The van der Waals surface area contributed by atoms with Crippen molar-refractivity contribution in [2.75, 3.05) is 11.4 Å². The molecule has 0 bridgehead atoms. The van der Waals surface area contributed by atoms with Gasteiger partial charge in [0.25, 0.3) is 0 Å². The zero-order chi connectivity index (χ0) is 15.7. The zero-order valence-electron chi connectivity index (χ0n) is 12.8. The summed E-state index contributed by atoms with van der Waals surface area (Å²) in [4.78, 5) is 26.0. The number of nitrogens with one attached hydrogen (secondary N) is 1. The first kappa shape index (κ1) is 15.0. The predicted octanol–water partition coefficient (Wildman–Crippen LogP) is 1.39. The summed E-state index contributed by atoms with van der Waals surface area (Å²) >= 11 is 0. The van der Waals surface area contributed by atoms with Gasteiger partial charge in [0.2, 0.25) is 11.8 Å². The summed E-state index contributed by atoms with van der Waals surface area (Å²) < 4.78 is 0. The van der Waals surface area contributed by atoms with E-state index in [1.54, 1.807) is 4.90 Å². The molecule has 1 fully saturated rings. The average molecular weight is 302 g/mol. The van der Waals surface area contributed by atoms with E-state index in [9.17, 15) is 14.7 Å². The van der Waals surface area contributed by atoms with E-state index in [0.717, 1.165) is 36.9 Å². The predicted molar refractivity (Wildman–Crippen MR) is 83.5 cm³/mol. The number of rotatable bonds is 3. The van der Waals surface area contributed by atoms with Crippen LogP contribution in [0, 0.1) is 0 Å². The molecule has 118 valence electrons. The van der Waals surface area contributed by atoms with Crippen molar-refractivity contribution in [1.82, 2.24) is 5.32 Å². The van der Waals surface area contributed by atoms with Crippen LogP contribution in [0.15, 0.2) is 24.3 Å². The van der Waals surface area contributed by atoms with Crippen LogP contribution in [0.3, 0.4) is 0 Å². The Morgan fingerprint density at radius 1 is 1.32 bits per heavy atom. The van der Waals surface area contributed by atoms with Gasteiger partial charge in [-0.05, 0) is 24.5 Å². The van der Waals surface area contributed by atoms with Crippen LogP contribution < -0.4 is 10.2 Å². The highest BCUT2D eigenvalue weighted by molar-refractivity contribution is 6.02. The van der Waals surface area contributed by atoms with Gasteiger partial charge in [0.05, 0.1) is 5.60 Å². The Labute approximate surface area is 130 Å². The van der Waals surface area contributed by atoms with Crippen LogP contribution >= 0.6 is 0 Å². The minimum absolute atomic E-state index is 0.135. The van der Waals surface area contributed by atoms with Crippen LogP contribution in [-0.2, 0) is 16.0 Å². The third-order valence-corrected chi connectivity index (χ3v) is 4.74. The van der Waals surface area contributed by atoms with Gasteiger partial charge in [0, 0.05) is 25.6 Å². The lowest BCUT2D eigenvalue weighted by atomic mass is 10.0. The molecule has 3 rings (SSSR count). The summed E-state index contributed by atoms with van der Waals surface area (Å²) in [6.45, 7) is 1.75. The third-order valence-electron chi connectivity index (χ3n) is 4.74. The van der Waals surface area contributed by atoms with Gasteiger partial charge in [0.1, 0.15) is 6.04 Å². The second-order valence-electron chi connectivity index (χ2n) is 6.39. The summed E-state index contributed by atoms with van der Waals surface area (Å²) in [5.41, 5.74) is 1.05. The summed E-state index contributed by atoms with van der Waals surface area (Å²) in [6.07, 6.45) is 3.99. The van der Waals surface area contributed by atoms with E-state index in [4.69, 9.17) is 0 Å². The number of benzene rings is 1. The van der Waals surface area contributed by atoms with Gasteiger partial charge in [-0.1, -0.05) is 31.0 Å². The molecule has 1 aromatic carbocycles. The van der Waals surface area contributed by atoms with E-state index >= 15 is 0 Å². The summed E-state index contributed by atoms with van der Waals surface area (Å²) in [5.74, 6) is -0.323. The highest BCUT2D eigenvalue weighted by atomic mass is 16.3. The molecule has 1 saturated carbocycles. The lowest BCUT2D eigenvalue weighted by molar-refractivity contribution is -0.126. The minimum atomic E-state index is -0.776. The van der Waals surface area contributed by atoms with Gasteiger partial charge in [0.15, 0.2) is 0 Å². The summed E-state index contributed by atoms with van der Waals surface area (Å²) in [6, 6.07) is 7.09. The van der Waals surface area contributed by atoms with Crippen molar-refractivity contribution in [3.63, 3.8) is 0 Å². The van der Waals surface area contributed by atoms with E-state index in [1.807, 2.05) is 24.3 Å². The summed E-state index contributed by atoms with van der Waals surface area (Å²) in [7, 11) is 0. The van der Waals surface area contributed by atoms with Crippen LogP contribution in [0.2, 0.25) is 0 Å². The largest absolute Gasteiger partial charge is 0.388 e. The maximum absolute atomic E-state index is 12.5. The molecule has 1 heterocycles. The molecule has 1 aromatic rings. The average Bonchev–Trinajstić information content (AvgIpc) is 3.09. The van der Waals surface area contributed by atoms with Gasteiger partial charge in [-0.15, -0.1) is 0 Å². The van der Waals surface area contributed by atoms with Crippen molar-refractivity contribution in [3.8, 4) is 0 Å². The van der Waals surface area contributed by atoms with Crippen LogP contribution in [0.1, 0.15) is 38.2 Å². The van der Waals surface area contributed by atoms with E-state index in [-0.39, 0.29) is 18.4 Å². The number of hydrogen-bond acceptors (Lipinski definition) is 3. The monoisotopic (exact) mass is 302 g/mol. The summed E-state index contributed by atoms with van der Waals surface area (Å²) in [5, 5.41) is 13.2. The van der Waals surface area contributed by atoms with E-state index in [0.29, 0.717) is 6.42 Å². The number of hydrogen-bond donors (Lipinski definition) is 2. The van der Waals surface area contributed by atoms with E-state index < -0.39 is 11.6 Å². The minimum Gasteiger partial charge on any atom is -0.388 e. The molecular formula is C17H22N2O3. The number of carbonyl (C=O) groups is 2. The Morgan fingerprint density at radius 3 is 2.68 bits per heavy atom. The van der Waals surface area contributed by atoms with E-state index in [2.05, 4.69) is 5.32 Å². The zero-order valence-corrected chi connectivity index (χ0v) is 12.8. The Morgan fingerprint density at radius 2 is 2.00 bits per heavy atom. The molecule has 0 spiro atoms. The lowest BCUT2D eigenvalue weighted by Gasteiger charge is -2.26. The number of aliphatic hydroxyl groups is 1. The SMILES string of the molecule is CC(=O)N1c2ccccc2C[C@H]1C(=O)NCC1(O)CCCC1. The molecule has 22 heavy (non-hydrogen) atoms. The normalized spacial score (nSPS) is 22.5. The quantitative estimate of drug-likeness (QED) is 0.886. The van der Waals surface area contributed by atoms with Crippen molar-refractivity contribution in [2.24, 2.45) is 0 Å². The maximum atomic E-state index is 12.5. The van der Waals surface area contributed by atoms with E-state index in [1.165, 1.54) is 6.92 Å². The van der Waals surface area contributed by atoms with Crippen molar-refractivity contribution in [2.45, 2.75) is 50.7 Å². The molecule has 1 atom stereocenters. The topological polar surface area (TPSA) is 69.6 Å². The first-order valence-corrected chi connectivity index (χ1v) is 7.88. The molecule has 2 aliphatic rings. The first-order chi connectivity index (χ1) is 10.5. The molecule has 5 nitrogen and oxygen atoms in total. The molecule has 1 aliphatic carbocycles. The fourth-order valence-electron chi connectivity index (χ4n) is 3.56. The highest BCUT2D eigenvalue weighted by Gasteiger charge is 2.38. The number of para-hydroxylation sites is 1. The standard InChI is InChI=1S/C17H22N2O3/c1-12(20)19-14-7-3-2-6-13(14)10-15(19)16(21)18-11-17(22)8-4-5-9-17/h2-3,6-7,15,22H,4-5,8-11H2,1H3,(H,18,21)/t15-/m0/s1. The Kier molecular flexibility index (Phi) is 3.91. The molecule has 5 heteroatoms. The smallest absolute Gasteiger partial charge is 0.243 e. The molecule has 2 amide bonds. The number of anilines is 1. The van der Waals surface area contributed by atoms with Crippen LogP contribution in [0.4, 0.5) is 5.69 Å². The van der Waals surface area contributed by atoms with Crippen LogP contribution in [-0.4, -0.2) is 35.1 Å². The second-order valence-corrected chi connectivity index (χ2v) is 6.39. The lowest BCUT2D eigenvalue weighted by Crippen LogP contribution is -2.50. The molecule has 0 aromatic heterocycles. The molecule has 0 saturated heterocycles. The van der Waals surface area contributed by atoms with Crippen molar-refractivity contribution < 1.29 is 14.7 Å². The number of nitrogens with zero attached hydrogens (tertiary/aromatic N) is 1. The molecule has 0 radical (unpaired) electrons. The van der Waals surface area contributed by atoms with Crippen molar-refractivity contribution in [1.29, 1.82) is 0 Å². The second kappa shape index (κ2) is 5.72. The van der Waals surface area contributed by atoms with Gasteiger partial charge in [-0.3, -0.25) is 14.5 Å². The number of amides is 2. The Balaban J connectivity index is 1.71. The van der Waals surface area contributed by atoms with Gasteiger partial charge in [-0.25, -0.2) is 0 Å². The Bertz CT molecular complexity index is 593. The first-order valence-electron chi connectivity index (χ1n) is 7.88. The van der Waals surface area contributed by atoms with Crippen LogP contribution in [0.5, 0.6) is 0 Å². The number of fused-ring (bicyclic) bond motifs is 1. The number of carbonyl (C=O) groups excluding carboxylic acids is 2. The van der Waals surface area contributed by atoms with Crippen molar-refractivity contribution in [3.05, 3.63) is 29.8 Å². The van der Waals surface area contributed by atoms with Crippen LogP contribution in [0.25, 0.3) is 0 Å².